The van der Waals surface area contributed by atoms with Crippen molar-refractivity contribution in [2.75, 3.05) is 11.5 Å². The lowest BCUT2D eigenvalue weighted by molar-refractivity contribution is -0.122. The van der Waals surface area contributed by atoms with Crippen LogP contribution in [0.15, 0.2) is 0 Å². The number of amides is 1. The zero-order valence-electron chi connectivity index (χ0n) is 7.38. The molecule has 0 aromatic carbocycles. The molecule has 2 atom stereocenters. The largest absolute Gasteiger partial charge is 0.351 e. The Morgan fingerprint density at radius 1 is 1.83 bits per heavy atom. The van der Waals surface area contributed by atoms with Gasteiger partial charge in [0.05, 0.1) is 6.04 Å². The van der Waals surface area contributed by atoms with E-state index in [2.05, 4.69) is 5.32 Å². The first kappa shape index (κ1) is 9.86. The summed E-state index contributed by atoms with van der Waals surface area (Å²) in [6.07, 6.45) is 1.80. The second kappa shape index (κ2) is 4.72. The molecular formula is C8H16N2OS. The van der Waals surface area contributed by atoms with Gasteiger partial charge in [-0.25, -0.2) is 0 Å². The first-order valence-electron chi connectivity index (χ1n) is 4.37. The fourth-order valence-corrected chi connectivity index (χ4v) is 2.29. The molecule has 3 nitrogen and oxygen atoms in total. The average Bonchev–Trinajstić information content (AvgIpc) is 2.55. The van der Waals surface area contributed by atoms with Gasteiger partial charge in [0.1, 0.15) is 0 Å². The summed E-state index contributed by atoms with van der Waals surface area (Å²) in [5, 5.41) is 2.94. The lowest BCUT2D eigenvalue weighted by atomic mass is 10.2. The Bertz CT molecular complexity index is 157. The molecule has 0 radical (unpaired) electrons. The Morgan fingerprint density at radius 2 is 2.58 bits per heavy atom. The van der Waals surface area contributed by atoms with Crippen LogP contribution in [0.3, 0.4) is 0 Å². The van der Waals surface area contributed by atoms with Crippen molar-refractivity contribution in [2.24, 2.45) is 5.73 Å². The highest BCUT2D eigenvalue weighted by molar-refractivity contribution is 7.99. The van der Waals surface area contributed by atoms with Crippen LogP contribution in [0.2, 0.25) is 0 Å². The number of hydrogen-bond donors (Lipinski definition) is 2. The number of hydrogen-bond acceptors (Lipinski definition) is 3. The number of nitrogens with two attached hydrogens (primary N) is 1. The molecule has 70 valence electrons. The molecule has 0 aromatic heterocycles. The second-order valence-electron chi connectivity index (χ2n) is 3.08. The van der Waals surface area contributed by atoms with Crippen LogP contribution in [-0.4, -0.2) is 29.5 Å². The van der Waals surface area contributed by atoms with Crippen LogP contribution in [0, 0.1) is 0 Å². The first-order valence-corrected chi connectivity index (χ1v) is 5.53. The molecule has 12 heavy (non-hydrogen) atoms. The minimum atomic E-state index is -0.324. The van der Waals surface area contributed by atoms with Crippen LogP contribution in [0.25, 0.3) is 0 Å². The van der Waals surface area contributed by atoms with E-state index in [9.17, 15) is 4.79 Å². The van der Waals surface area contributed by atoms with E-state index in [0.717, 1.165) is 17.9 Å². The van der Waals surface area contributed by atoms with Gasteiger partial charge in [-0.05, 0) is 18.6 Å². The summed E-state index contributed by atoms with van der Waals surface area (Å²) in [6.45, 7) is 1.92. The second-order valence-corrected chi connectivity index (χ2v) is 4.23. The molecule has 4 heteroatoms. The summed E-state index contributed by atoms with van der Waals surface area (Å²) >= 11 is 1.89. The van der Waals surface area contributed by atoms with Crippen molar-refractivity contribution in [1.29, 1.82) is 0 Å². The molecule has 1 saturated heterocycles. The van der Waals surface area contributed by atoms with E-state index in [1.807, 2.05) is 18.7 Å². The highest BCUT2D eigenvalue weighted by Crippen LogP contribution is 2.16. The van der Waals surface area contributed by atoms with Crippen molar-refractivity contribution in [3.05, 3.63) is 0 Å². The molecule has 0 saturated carbocycles. The molecule has 3 N–H and O–H groups in total. The van der Waals surface area contributed by atoms with Crippen molar-refractivity contribution in [3.63, 3.8) is 0 Å². The van der Waals surface area contributed by atoms with E-state index in [0.29, 0.717) is 12.5 Å². The number of carbonyl (C=O) groups excluding carboxylic acids is 1. The fourth-order valence-electron chi connectivity index (χ4n) is 1.14. The number of thioether (sulfide) groups is 1. The number of nitrogens with one attached hydrogen (secondary N) is 1. The third-order valence-corrected chi connectivity index (χ3v) is 3.22. The van der Waals surface area contributed by atoms with E-state index < -0.39 is 0 Å². The third-order valence-electron chi connectivity index (χ3n) is 2.05. The smallest absolute Gasteiger partial charge is 0.237 e. The first-order chi connectivity index (χ1) is 5.74. The van der Waals surface area contributed by atoms with Crippen LogP contribution in [0.5, 0.6) is 0 Å². The lowest BCUT2D eigenvalue weighted by Crippen LogP contribution is -2.45. The number of rotatable bonds is 3. The molecule has 0 aromatic rings. The Labute approximate surface area is 77.5 Å². The lowest BCUT2D eigenvalue weighted by Gasteiger charge is -2.14. The summed E-state index contributed by atoms with van der Waals surface area (Å²) in [5.41, 5.74) is 5.58. The molecule has 0 spiro atoms. The predicted molar refractivity (Wildman–Crippen MR) is 52.1 cm³/mol. The van der Waals surface area contributed by atoms with Gasteiger partial charge in [0.15, 0.2) is 0 Å². The molecule has 1 aliphatic heterocycles. The molecular weight excluding hydrogens is 172 g/mol. The van der Waals surface area contributed by atoms with Gasteiger partial charge in [-0.3, -0.25) is 4.79 Å². The summed E-state index contributed by atoms with van der Waals surface area (Å²) < 4.78 is 0. The average molecular weight is 188 g/mol. The van der Waals surface area contributed by atoms with Crippen molar-refractivity contribution in [1.82, 2.24) is 5.32 Å². The summed E-state index contributed by atoms with van der Waals surface area (Å²) in [7, 11) is 0. The quantitative estimate of drug-likeness (QED) is 0.672. The standard InChI is InChI=1S/C8H16N2OS/c1-2-7(9)8(11)10-6-3-4-12-5-6/h6-7H,2-5,9H2,1H3,(H,10,11). The fraction of sp³-hybridized carbons (Fsp3) is 0.875. The summed E-state index contributed by atoms with van der Waals surface area (Å²) in [6, 6.07) is 0.0377. The Hall–Kier alpha value is -0.220. The van der Waals surface area contributed by atoms with E-state index in [4.69, 9.17) is 5.73 Å². The molecule has 1 amide bonds. The SMILES string of the molecule is CCC(N)C(=O)NC1CCSC1. The van der Waals surface area contributed by atoms with Gasteiger partial charge in [0.2, 0.25) is 5.91 Å². The van der Waals surface area contributed by atoms with Gasteiger partial charge in [-0.15, -0.1) is 0 Å². The zero-order chi connectivity index (χ0) is 8.97. The maximum absolute atomic E-state index is 11.3. The van der Waals surface area contributed by atoms with Gasteiger partial charge in [0, 0.05) is 11.8 Å². The van der Waals surface area contributed by atoms with Crippen LogP contribution in [0.4, 0.5) is 0 Å². The third kappa shape index (κ3) is 2.68. The molecule has 1 heterocycles. The summed E-state index contributed by atoms with van der Waals surface area (Å²) in [4.78, 5) is 11.3. The molecule has 1 aliphatic rings. The van der Waals surface area contributed by atoms with Crippen LogP contribution < -0.4 is 11.1 Å². The number of carbonyl (C=O) groups is 1. The van der Waals surface area contributed by atoms with Gasteiger partial charge >= 0.3 is 0 Å². The van der Waals surface area contributed by atoms with Gasteiger partial charge in [-0.2, -0.15) is 11.8 Å². The van der Waals surface area contributed by atoms with Crippen LogP contribution in [-0.2, 0) is 4.79 Å². The molecule has 0 bridgehead atoms. The molecule has 2 unspecified atom stereocenters. The minimum Gasteiger partial charge on any atom is -0.351 e. The normalized spacial score (nSPS) is 25.3. The van der Waals surface area contributed by atoms with Crippen molar-refractivity contribution < 1.29 is 4.79 Å². The van der Waals surface area contributed by atoms with Crippen LogP contribution in [0.1, 0.15) is 19.8 Å². The van der Waals surface area contributed by atoms with E-state index in [1.165, 1.54) is 0 Å². The van der Waals surface area contributed by atoms with Gasteiger partial charge in [0.25, 0.3) is 0 Å². The van der Waals surface area contributed by atoms with E-state index in [1.54, 1.807) is 0 Å². The van der Waals surface area contributed by atoms with Gasteiger partial charge < -0.3 is 11.1 Å². The Balaban J connectivity index is 2.25. The van der Waals surface area contributed by atoms with Crippen molar-refractivity contribution in [3.8, 4) is 0 Å². The van der Waals surface area contributed by atoms with E-state index >= 15 is 0 Å². The highest BCUT2D eigenvalue weighted by Gasteiger charge is 2.19. The molecule has 1 fully saturated rings. The zero-order valence-corrected chi connectivity index (χ0v) is 8.19. The van der Waals surface area contributed by atoms with Gasteiger partial charge in [-0.1, -0.05) is 6.92 Å². The molecule has 0 aliphatic carbocycles. The van der Waals surface area contributed by atoms with E-state index in [-0.39, 0.29) is 11.9 Å². The minimum absolute atomic E-state index is 0.00463. The predicted octanol–water partition coefficient (Wildman–Crippen LogP) is 0.345. The van der Waals surface area contributed by atoms with Crippen molar-refractivity contribution >= 4 is 17.7 Å². The van der Waals surface area contributed by atoms with Crippen molar-refractivity contribution in [2.45, 2.75) is 31.8 Å². The summed E-state index contributed by atoms with van der Waals surface area (Å²) in [5.74, 6) is 2.21. The van der Waals surface area contributed by atoms with Crippen LogP contribution >= 0.6 is 11.8 Å². The highest BCUT2D eigenvalue weighted by atomic mass is 32.2. The maximum Gasteiger partial charge on any atom is 0.237 e. The topological polar surface area (TPSA) is 55.1 Å². The maximum atomic E-state index is 11.3. The Morgan fingerprint density at radius 3 is 3.08 bits per heavy atom. The Kier molecular flexibility index (Phi) is 3.88. The molecule has 1 rings (SSSR count). The monoisotopic (exact) mass is 188 g/mol.